The van der Waals surface area contributed by atoms with E-state index in [0.29, 0.717) is 12.1 Å². The quantitative estimate of drug-likeness (QED) is 0.872. The number of alkyl halides is 3. The van der Waals surface area contributed by atoms with Gasteiger partial charge in [-0.05, 0) is 43.9 Å². The molecule has 7 heteroatoms. The molecule has 2 saturated heterocycles. The number of nitrogens with zero attached hydrogens (tertiary/aromatic N) is 1. The number of rotatable bonds is 4. The normalized spacial score (nSPS) is 22.9. The fourth-order valence-corrected chi connectivity index (χ4v) is 3.55. The largest absolute Gasteiger partial charge is 0.416 e. The minimum absolute atomic E-state index is 0.0665. The van der Waals surface area contributed by atoms with Gasteiger partial charge in [0.15, 0.2) is 0 Å². The number of benzene rings is 1. The van der Waals surface area contributed by atoms with E-state index in [4.69, 9.17) is 0 Å². The summed E-state index contributed by atoms with van der Waals surface area (Å²) in [5.74, 6) is 0.0776. The molecule has 1 amide bonds. The van der Waals surface area contributed by atoms with Gasteiger partial charge in [-0.15, -0.1) is 0 Å². The Morgan fingerprint density at radius 3 is 2.64 bits per heavy atom. The van der Waals surface area contributed by atoms with Gasteiger partial charge in [-0.3, -0.25) is 9.69 Å². The van der Waals surface area contributed by atoms with E-state index in [2.05, 4.69) is 15.5 Å². The molecule has 0 saturated carbocycles. The minimum atomic E-state index is -4.30. The van der Waals surface area contributed by atoms with E-state index in [9.17, 15) is 18.0 Å². The molecule has 2 aliphatic heterocycles. The maximum atomic E-state index is 12.8. The van der Waals surface area contributed by atoms with Crippen LogP contribution in [-0.4, -0.2) is 42.5 Å². The van der Waals surface area contributed by atoms with Crippen molar-refractivity contribution in [3.05, 3.63) is 35.4 Å². The number of amides is 1. The molecule has 1 unspecified atom stereocenters. The van der Waals surface area contributed by atoms with Crippen LogP contribution in [0.3, 0.4) is 0 Å². The number of nitrogens with one attached hydrogen (secondary N) is 2. The van der Waals surface area contributed by atoms with Crippen molar-refractivity contribution < 1.29 is 18.0 Å². The predicted molar refractivity (Wildman–Crippen MR) is 88.9 cm³/mol. The van der Waals surface area contributed by atoms with Gasteiger partial charge < -0.3 is 10.6 Å². The first kappa shape index (κ1) is 18.2. The molecule has 0 aromatic heterocycles. The molecule has 2 fully saturated rings. The molecule has 0 aliphatic carbocycles. The van der Waals surface area contributed by atoms with Gasteiger partial charge in [-0.2, -0.15) is 13.2 Å². The lowest BCUT2D eigenvalue weighted by atomic mass is 10.0. The van der Waals surface area contributed by atoms with Crippen LogP contribution in [0.4, 0.5) is 13.2 Å². The number of halogens is 3. The maximum Gasteiger partial charge on any atom is 0.416 e. The molecule has 2 N–H and O–H groups in total. The van der Waals surface area contributed by atoms with E-state index in [0.717, 1.165) is 51.4 Å². The third-order valence-electron chi connectivity index (χ3n) is 4.97. The Morgan fingerprint density at radius 2 is 2.00 bits per heavy atom. The van der Waals surface area contributed by atoms with Crippen LogP contribution in [-0.2, 0) is 17.5 Å². The van der Waals surface area contributed by atoms with Crippen LogP contribution in [0.25, 0.3) is 0 Å². The molecule has 138 valence electrons. The number of likely N-dealkylation sites (tertiary alicyclic amines) is 1. The van der Waals surface area contributed by atoms with Crippen LogP contribution >= 0.6 is 0 Å². The van der Waals surface area contributed by atoms with Crippen LogP contribution in [0, 0.1) is 0 Å². The van der Waals surface area contributed by atoms with E-state index in [1.165, 1.54) is 12.1 Å². The van der Waals surface area contributed by atoms with Gasteiger partial charge in [0.2, 0.25) is 5.91 Å². The first-order valence-corrected chi connectivity index (χ1v) is 8.84. The van der Waals surface area contributed by atoms with Gasteiger partial charge in [0, 0.05) is 25.7 Å². The maximum absolute atomic E-state index is 12.8. The van der Waals surface area contributed by atoms with Crippen molar-refractivity contribution >= 4 is 5.91 Å². The molecule has 0 bridgehead atoms. The van der Waals surface area contributed by atoms with Gasteiger partial charge in [0.25, 0.3) is 0 Å². The lowest BCUT2D eigenvalue weighted by Gasteiger charge is -2.33. The summed E-state index contributed by atoms with van der Waals surface area (Å²) in [6.07, 6.45) is -0.718. The highest BCUT2D eigenvalue weighted by atomic mass is 19.4. The van der Waals surface area contributed by atoms with Gasteiger partial charge in [-0.25, -0.2) is 0 Å². The predicted octanol–water partition coefficient (Wildman–Crippen LogP) is 2.54. The third kappa shape index (κ3) is 4.95. The smallest absolute Gasteiger partial charge is 0.352 e. The summed E-state index contributed by atoms with van der Waals surface area (Å²) in [4.78, 5) is 14.3. The Bertz CT molecular complexity index is 591. The van der Waals surface area contributed by atoms with Gasteiger partial charge in [-0.1, -0.05) is 18.2 Å². The Morgan fingerprint density at radius 1 is 1.24 bits per heavy atom. The van der Waals surface area contributed by atoms with Crippen LogP contribution < -0.4 is 10.6 Å². The fourth-order valence-electron chi connectivity index (χ4n) is 3.55. The highest BCUT2D eigenvalue weighted by molar-refractivity contribution is 5.82. The van der Waals surface area contributed by atoms with Gasteiger partial charge in [0.05, 0.1) is 11.6 Å². The molecular weight excluding hydrogens is 331 g/mol. The van der Waals surface area contributed by atoms with Crippen molar-refractivity contribution in [2.45, 2.75) is 50.5 Å². The second-order valence-electron chi connectivity index (χ2n) is 6.91. The van der Waals surface area contributed by atoms with Gasteiger partial charge in [0.1, 0.15) is 0 Å². The van der Waals surface area contributed by atoms with Gasteiger partial charge >= 0.3 is 6.18 Å². The monoisotopic (exact) mass is 355 g/mol. The zero-order chi connectivity index (χ0) is 17.9. The van der Waals surface area contributed by atoms with Crippen molar-refractivity contribution in [2.24, 2.45) is 0 Å². The summed E-state index contributed by atoms with van der Waals surface area (Å²) in [7, 11) is 0. The summed E-state index contributed by atoms with van der Waals surface area (Å²) in [5.41, 5.74) is 0.0729. The van der Waals surface area contributed by atoms with E-state index in [1.807, 2.05) is 0 Å². The van der Waals surface area contributed by atoms with Crippen molar-refractivity contribution in [1.82, 2.24) is 15.5 Å². The van der Waals surface area contributed by atoms with Crippen molar-refractivity contribution in [1.29, 1.82) is 0 Å². The van der Waals surface area contributed by atoms with Crippen molar-refractivity contribution in [3.8, 4) is 0 Å². The highest BCUT2D eigenvalue weighted by Crippen LogP contribution is 2.30. The molecule has 1 aromatic rings. The van der Waals surface area contributed by atoms with Crippen LogP contribution in [0.1, 0.15) is 36.8 Å². The summed E-state index contributed by atoms with van der Waals surface area (Å²) >= 11 is 0. The van der Waals surface area contributed by atoms with Crippen LogP contribution in [0.5, 0.6) is 0 Å². The molecule has 1 aromatic carbocycles. The molecule has 2 aliphatic rings. The standard InChI is InChI=1S/C18H24F3N3O/c19-18(20,21)14-4-1-3-13(11-14)12-24-9-6-15(7-10-24)23-17(25)16-5-2-8-22-16/h1,3-4,11,15-16,22H,2,5-10,12H2,(H,23,25). The number of piperidine rings is 1. The van der Waals surface area contributed by atoms with Crippen LogP contribution in [0.15, 0.2) is 24.3 Å². The Hall–Kier alpha value is -1.60. The first-order chi connectivity index (χ1) is 11.9. The zero-order valence-electron chi connectivity index (χ0n) is 14.1. The summed E-state index contributed by atoms with van der Waals surface area (Å²) in [5, 5.41) is 6.29. The molecule has 25 heavy (non-hydrogen) atoms. The van der Waals surface area contributed by atoms with E-state index >= 15 is 0 Å². The number of carbonyl (C=O) groups is 1. The van der Waals surface area contributed by atoms with Crippen LogP contribution in [0.2, 0.25) is 0 Å². The molecule has 4 nitrogen and oxygen atoms in total. The lowest BCUT2D eigenvalue weighted by molar-refractivity contribution is -0.137. The zero-order valence-corrected chi connectivity index (χ0v) is 14.1. The third-order valence-corrected chi connectivity index (χ3v) is 4.97. The number of hydrogen-bond acceptors (Lipinski definition) is 3. The summed E-state index contributed by atoms with van der Waals surface area (Å²) in [6.45, 7) is 2.96. The average Bonchev–Trinajstić information content (AvgIpc) is 3.11. The number of hydrogen-bond donors (Lipinski definition) is 2. The molecular formula is C18H24F3N3O. The number of carbonyl (C=O) groups excluding carboxylic acids is 1. The fraction of sp³-hybridized carbons (Fsp3) is 0.611. The van der Waals surface area contributed by atoms with E-state index < -0.39 is 11.7 Å². The molecule has 2 heterocycles. The van der Waals surface area contributed by atoms with Crippen molar-refractivity contribution in [3.63, 3.8) is 0 Å². The topological polar surface area (TPSA) is 44.4 Å². The Balaban J connectivity index is 1.47. The van der Waals surface area contributed by atoms with E-state index in [1.54, 1.807) is 6.07 Å². The highest BCUT2D eigenvalue weighted by Gasteiger charge is 2.31. The molecule has 0 spiro atoms. The Labute approximate surface area is 145 Å². The second kappa shape index (κ2) is 7.74. The van der Waals surface area contributed by atoms with Crippen molar-refractivity contribution in [2.75, 3.05) is 19.6 Å². The van der Waals surface area contributed by atoms with E-state index in [-0.39, 0.29) is 18.0 Å². The minimum Gasteiger partial charge on any atom is -0.352 e. The Kier molecular flexibility index (Phi) is 5.64. The summed E-state index contributed by atoms with van der Waals surface area (Å²) in [6, 6.07) is 5.60. The lowest BCUT2D eigenvalue weighted by Crippen LogP contribution is -2.49. The molecule has 3 rings (SSSR count). The second-order valence-corrected chi connectivity index (χ2v) is 6.91. The molecule has 1 atom stereocenters. The average molecular weight is 355 g/mol. The molecule has 0 radical (unpaired) electrons. The first-order valence-electron chi connectivity index (χ1n) is 8.84. The SMILES string of the molecule is O=C(NC1CCN(Cc2cccc(C(F)(F)F)c2)CC1)C1CCCN1. The summed E-state index contributed by atoms with van der Waals surface area (Å²) < 4.78 is 38.4.